The van der Waals surface area contributed by atoms with Crippen molar-refractivity contribution in [1.29, 1.82) is 0 Å². The van der Waals surface area contributed by atoms with Gasteiger partial charge in [-0.15, -0.1) is 0 Å². The fourth-order valence-corrected chi connectivity index (χ4v) is 2.05. The first kappa shape index (κ1) is 14.8. The summed E-state index contributed by atoms with van der Waals surface area (Å²) in [6.45, 7) is 7.54. The molecular formula is C15H25NO2. The number of benzene rings is 1. The Bertz CT molecular complexity index is 341. The van der Waals surface area contributed by atoms with E-state index in [1.54, 1.807) is 14.2 Å². The molecule has 1 rings (SSSR count). The van der Waals surface area contributed by atoms with E-state index < -0.39 is 0 Å². The van der Waals surface area contributed by atoms with Crippen molar-refractivity contribution < 1.29 is 9.47 Å². The highest BCUT2D eigenvalue weighted by Crippen LogP contribution is 2.22. The van der Waals surface area contributed by atoms with Crippen molar-refractivity contribution in [2.45, 2.75) is 39.8 Å². The Morgan fingerprint density at radius 2 is 1.56 bits per heavy atom. The molecule has 3 heteroatoms. The van der Waals surface area contributed by atoms with Gasteiger partial charge in [0.25, 0.3) is 0 Å². The van der Waals surface area contributed by atoms with Crippen LogP contribution in [0.5, 0.6) is 11.5 Å². The molecule has 0 aliphatic heterocycles. The van der Waals surface area contributed by atoms with Crippen molar-refractivity contribution >= 4 is 0 Å². The van der Waals surface area contributed by atoms with Crippen LogP contribution in [0.4, 0.5) is 0 Å². The van der Waals surface area contributed by atoms with E-state index in [9.17, 15) is 0 Å². The molecule has 1 unspecified atom stereocenters. The summed E-state index contributed by atoms with van der Waals surface area (Å²) >= 11 is 0. The monoisotopic (exact) mass is 251 g/mol. The summed E-state index contributed by atoms with van der Waals surface area (Å²) in [5.41, 5.74) is 1.18. The lowest BCUT2D eigenvalue weighted by molar-refractivity contribution is 0.391. The quantitative estimate of drug-likeness (QED) is 0.807. The zero-order valence-corrected chi connectivity index (χ0v) is 12.1. The molecule has 0 amide bonds. The SMILES string of the molecule is COc1cc(CNC(C)CC(C)C)cc(OC)c1. The van der Waals surface area contributed by atoms with Gasteiger partial charge in [0.2, 0.25) is 0 Å². The van der Waals surface area contributed by atoms with Gasteiger partial charge in [0, 0.05) is 18.7 Å². The predicted octanol–water partition coefficient (Wildman–Crippen LogP) is 3.23. The van der Waals surface area contributed by atoms with Crippen LogP contribution in [-0.2, 0) is 6.54 Å². The molecule has 0 spiro atoms. The predicted molar refractivity (Wildman–Crippen MR) is 75.3 cm³/mol. The smallest absolute Gasteiger partial charge is 0.122 e. The lowest BCUT2D eigenvalue weighted by Crippen LogP contribution is -2.26. The maximum absolute atomic E-state index is 5.26. The third-order valence-electron chi connectivity index (χ3n) is 2.89. The summed E-state index contributed by atoms with van der Waals surface area (Å²) in [7, 11) is 3.35. The fourth-order valence-electron chi connectivity index (χ4n) is 2.05. The number of rotatable bonds is 7. The van der Waals surface area contributed by atoms with Crippen LogP contribution in [0, 0.1) is 5.92 Å². The number of hydrogen-bond acceptors (Lipinski definition) is 3. The molecule has 1 atom stereocenters. The molecule has 0 bridgehead atoms. The van der Waals surface area contributed by atoms with Gasteiger partial charge in [0.05, 0.1) is 14.2 Å². The number of methoxy groups -OCH3 is 2. The van der Waals surface area contributed by atoms with Crippen molar-refractivity contribution in [2.24, 2.45) is 5.92 Å². The maximum Gasteiger partial charge on any atom is 0.122 e. The largest absolute Gasteiger partial charge is 0.497 e. The first-order valence-electron chi connectivity index (χ1n) is 6.50. The average Bonchev–Trinajstić information content (AvgIpc) is 2.35. The zero-order chi connectivity index (χ0) is 13.5. The van der Waals surface area contributed by atoms with E-state index in [-0.39, 0.29) is 0 Å². The lowest BCUT2D eigenvalue weighted by atomic mass is 10.0. The highest BCUT2D eigenvalue weighted by atomic mass is 16.5. The van der Waals surface area contributed by atoms with Gasteiger partial charge in [-0.2, -0.15) is 0 Å². The normalized spacial score (nSPS) is 12.6. The van der Waals surface area contributed by atoms with Gasteiger partial charge in [0.1, 0.15) is 11.5 Å². The standard InChI is InChI=1S/C15H25NO2/c1-11(2)6-12(3)16-10-13-7-14(17-4)9-15(8-13)18-5/h7-9,11-12,16H,6,10H2,1-5H3. The summed E-state index contributed by atoms with van der Waals surface area (Å²) in [6.07, 6.45) is 1.18. The van der Waals surface area contributed by atoms with E-state index in [0.717, 1.165) is 18.0 Å². The summed E-state index contributed by atoms with van der Waals surface area (Å²) in [4.78, 5) is 0. The molecule has 18 heavy (non-hydrogen) atoms. The molecule has 1 N–H and O–H groups in total. The highest BCUT2D eigenvalue weighted by Gasteiger charge is 2.06. The molecule has 0 aromatic heterocycles. The molecule has 1 aromatic rings. The molecule has 0 radical (unpaired) electrons. The first-order valence-corrected chi connectivity index (χ1v) is 6.50. The average molecular weight is 251 g/mol. The van der Waals surface area contributed by atoms with Crippen LogP contribution >= 0.6 is 0 Å². The van der Waals surface area contributed by atoms with Crippen molar-refractivity contribution in [3.8, 4) is 11.5 Å². The van der Waals surface area contributed by atoms with Crippen LogP contribution in [0.2, 0.25) is 0 Å². The van der Waals surface area contributed by atoms with Crippen LogP contribution in [0.3, 0.4) is 0 Å². The van der Waals surface area contributed by atoms with E-state index >= 15 is 0 Å². The lowest BCUT2D eigenvalue weighted by Gasteiger charge is -2.16. The highest BCUT2D eigenvalue weighted by molar-refractivity contribution is 5.38. The Balaban J connectivity index is 2.60. The Kier molecular flexibility index (Phi) is 5.99. The molecule has 0 fully saturated rings. The van der Waals surface area contributed by atoms with E-state index in [1.807, 2.05) is 18.2 Å². The Labute approximate surface area is 110 Å². The summed E-state index contributed by atoms with van der Waals surface area (Å²) in [6, 6.07) is 6.48. The van der Waals surface area contributed by atoms with E-state index in [1.165, 1.54) is 12.0 Å². The third-order valence-corrected chi connectivity index (χ3v) is 2.89. The summed E-state index contributed by atoms with van der Waals surface area (Å²) in [5.74, 6) is 2.39. The van der Waals surface area contributed by atoms with Gasteiger partial charge in [-0.1, -0.05) is 13.8 Å². The number of nitrogens with one attached hydrogen (secondary N) is 1. The molecule has 0 aliphatic carbocycles. The van der Waals surface area contributed by atoms with Crippen LogP contribution in [0.1, 0.15) is 32.8 Å². The molecule has 0 saturated carbocycles. The number of hydrogen-bond donors (Lipinski definition) is 1. The zero-order valence-electron chi connectivity index (χ0n) is 12.1. The molecule has 1 aromatic carbocycles. The Morgan fingerprint density at radius 1 is 1.00 bits per heavy atom. The second kappa shape index (κ2) is 7.27. The van der Waals surface area contributed by atoms with Gasteiger partial charge in [-0.25, -0.2) is 0 Å². The second-order valence-corrected chi connectivity index (χ2v) is 5.13. The minimum absolute atomic E-state index is 0.516. The van der Waals surface area contributed by atoms with Gasteiger partial charge in [0.15, 0.2) is 0 Å². The molecule has 102 valence electrons. The van der Waals surface area contributed by atoms with Crippen LogP contribution in [-0.4, -0.2) is 20.3 Å². The first-order chi connectivity index (χ1) is 8.55. The topological polar surface area (TPSA) is 30.5 Å². The van der Waals surface area contributed by atoms with E-state index in [2.05, 4.69) is 26.1 Å². The van der Waals surface area contributed by atoms with Crippen molar-refractivity contribution in [1.82, 2.24) is 5.32 Å². The summed E-state index contributed by atoms with van der Waals surface area (Å²) in [5, 5.41) is 3.52. The van der Waals surface area contributed by atoms with Crippen molar-refractivity contribution in [3.05, 3.63) is 23.8 Å². The van der Waals surface area contributed by atoms with Crippen LogP contribution in [0.15, 0.2) is 18.2 Å². The molecule has 0 aliphatic rings. The molecule has 0 saturated heterocycles. The summed E-state index contributed by atoms with van der Waals surface area (Å²) < 4.78 is 10.5. The molecule has 0 heterocycles. The van der Waals surface area contributed by atoms with Gasteiger partial charge in [-0.3, -0.25) is 0 Å². The van der Waals surface area contributed by atoms with Crippen LogP contribution in [0.25, 0.3) is 0 Å². The van der Waals surface area contributed by atoms with E-state index in [0.29, 0.717) is 12.0 Å². The second-order valence-electron chi connectivity index (χ2n) is 5.13. The van der Waals surface area contributed by atoms with Crippen molar-refractivity contribution in [3.63, 3.8) is 0 Å². The van der Waals surface area contributed by atoms with Gasteiger partial charge >= 0.3 is 0 Å². The number of ether oxygens (including phenoxy) is 2. The molecule has 3 nitrogen and oxygen atoms in total. The van der Waals surface area contributed by atoms with Crippen molar-refractivity contribution in [2.75, 3.05) is 14.2 Å². The minimum Gasteiger partial charge on any atom is -0.497 e. The maximum atomic E-state index is 5.26. The molecular weight excluding hydrogens is 226 g/mol. The van der Waals surface area contributed by atoms with Crippen LogP contribution < -0.4 is 14.8 Å². The Hall–Kier alpha value is -1.22. The third kappa shape index (κ3) is 4.96. The van der Waals surface area contributed by atoms with Gasteiger partial charge < -0.3 is 14.8 Å². The minimum atomic E-state index is 0.516. The Morgan fingerprint density at radius 3 is 2.00 bits per heavy atom. The fraction of sp³-hybridized carbons (Fsp3) is 0.600. The van der Waals surface area contributed by atoms with E-state index in [4.69, 9.17) is 9.47 Å². The van der Waals surface area contributed by atoms with Gasteiger partial charge in [-0.05, 0) is 37.0 Å².